The lowest BCUT2D eigenvalue weighted by atomic mass is 10.00. The molecule has 0 bridgehead atoms. The molecule has 41 heavy (non-hydrogen) atoms. The van der Waals surface area contributed by atoms with Crippen LogP contribution in [0.15, 0.2) is 54.6 Å². The molecule has 228 valence electrons. The monoisotopic (exact) mass is 575 g/mol. The molecule has 0 aliphatic rings. The Hall–Kier alpha value is -3.38. The Morgan fingerprint density at radius 1 is 0.756 bits per heavy atom. The predicted molar refractivity (Wildman–Crippen MR) is 155 cm³/mol. The van der Waals surface area contributed by atoms with Crippen molar-refractivity contribution in [1.29, 1.82) is 0 Å². The third-order valence-corrected chi connectivity index (χ3v) is 6.08. The van der Waals surface area contributed by atoms with Crippen molar-refractivity contribution in [3.63, 3.8) is 0 Å². The number of aliphatic hydroxyl groups is 3. The van der Waals surface area contributed by atoms with Gasteiger partial charge in [0.25, 0.3) is 0 Å². The summed E-state index contributed by atoms with van der Waals surface area (Å²) in [5, 5.41) is 49.4. The van der Waals surface area contributed by atoms with Crippen LogP contribution >= 0.6 is 0 Å². The van der Waals surface area contributed by atoms with E-state index in [9.17, 15) is 30.0 Å². The van der Waals surface area contributed by atoms with Gasteiger partial charge in [-0.25, -0.2) is 9.59 Å². The molecule has 4 atom stereocenters. The molecular weight excluding hydrogens is 530 g/mol. The van der Waals surface area contributed by atoms with Gasteiger partial charge in [-0.2, -0.15) is 0 Å². The highest BCUT2D eigenvalue weighted by molar-refractivity contribution is 5.68. The van der Waals surface area contributed by atoms with Gasteiger partial charge >= 0.3 is 12.2 Å². The van der Waals surface area contributed by atoms with E-state index >= 15 is 0 Å². The number of aliphatic hydroxyl groups excluding tert-OH is 3. The number of benzene rings is 2. The fourth-order valence-corrected chi connectivity index (χ4v) is 3.91. The summed E-state index contributed by atoms with van der Waals surface area (Å²) in [4.78, 5) is 25.0. The lowest BCUT2D eigenvalue weighted by molar-refractivity contribution is -0.00773. The van der Waals surface area contributed by atoms with Crippen molar-refractivity contribution in [1.82, 2.24) is 16.0 Å². The maximum atomic E-state index is 12.5. The fourth-order valence-electron chi connectivity index (χ4n) is 3.91. The summed E-state index contributed by atoms with van der Waals surface area (Å²) >= 11 is 0. The van der Waals surface area contributed by atoms with Crippen LogP contribution in [0.1, 0.15) is 45.7 Å². The Balaban J connectivity index is 2.06. The molecular formula is C30H45N3O8. The van der Waals surface area contributed by atoms with Crippen molar-refractivity contribution in [3.05, 3.63) is 65.7 Å². The Labute approximate surface area is 241 Å². The highest BCUT2D eigenvalue weighted by atomic mass is 16.6. The van der Waals surface area contributed by atoms with E-state index in [-0.39, 0.29) is 31.9 Å². The van der Waals surface area contributed by atoms with Gasteiger partial charge in [0.1, 0.15) is 17.0 Å². The number of phenolic OH excluding ortho intramolecular Hbond substituents is 1. The molecule has 0 radical (unpaired) electrons. The van der Waals surface area contributed by atoms with Gasteiger partial charge in [-0.3, -0.25) is 0 Å². The second kappa shape index (κ2) is 15.6. The van der Waals surface area contributed by atoms with Gasteiger partial charge in [-0.05, 0) is 70.7 Å². The van der Waals surface area contributed by atoms with E-state index in [4.69, 9.17) is 9.47 Å². The van der Waals surface area contributed by atoms with Crippen LogP contribution < -0.4 is 16.0 Å². The molecule has 11 heteroatoms. The molecule has 0 spiro atoms. The third-order valence-electron chi connectivity index (χ3n) is 6.08. The minimum Gasteiger partial charge on any atom is -0.508 e. The molecule has 7 N–H and O–H groups in total. The summed E-state index contributed by atoms with van der Waals surface area (Å²) < 4.78 is 10.6. The summed E-state index contributed by atoms with van der Waals surface area (Å²) in [6.45, 7) is 8.00. The minimum absolute atomic E-state index is 0.00597. The van der Waals surface area contributed by atoms with Crippen molar-refractivity contribution in [3.8, 4) is 5.75 Å². The zero-order valence-corrected chi connectivity index (χ0v) is 24.5. The summed E-state index contributed by atoms with van der Waals surface area (Å²) in [6, 6.07) is 14.3. The lowest BCUT2D eigenvalue weighted by Gasteiger charge is -2.29. The molecule has 0 saturated heterocycles. The number of ether oxygens (including phenoxy) is 2. The maximum Gasteiger partial charge on any atom is 0.408 e. The molecule has 0 aliphatic carbocycles. The summed E-state index contributed by atoms with van der Waals surface area (Å²) in [5.41, 5.74) is -0.162. The van der Waals surface area contributed by atoms with E-state index in [2.05, 4.69) is 16.0 Å². The second-order valence-electron chi connectivity index (χ2n) is 11.7. The highest BCUT2D eigenvalue weighted by Crippen LogP contribution is 2.15. The van der Waals surface area contributed by atoms with Gasteiger partial charge in [0.2, 0.25) is 0 Å². The van der Waals surface area contributed by atoms with E-state index < -0.39 is 47.7 Å². The number of nitrogens with one attached hydrogen (secondary N) is 3. The summed E-state index contributed by atoms with van der Waals surface area (Å²) in [6.07, 6.45) is -3.03. The molecule has 2 amide bonds. The van der Waals surface area contributed by atoms with Gasteiger partial charge in [0.05, 0.1) is 30.9 Å². The smallest absolute Gasteiger partial charge is 0.408 e. The average molecular weight is 576 g/mol. The lowest BCUT2D eigenvalue weighted by Crippen LogP contribution is -2.53. The first kappa shape index (κ1) is 33.8. The quantitative estimate of drug-likeness (QED) is 0.179. The fraction of sp³-hybridized carbons (Fsp3) is 0.533. The van der Waals surface area contributed by atoms with Crippen LogP contribution in [0.4, 0.5) is 9.59 Å². The number of amides is 2. The molecule has 2 rings (SSSR count). The number of carbonyl (C=O) groups excluding carboxylic acids is 2. The van der Waals surface area contributed by atoms with Crippen LogP contribution in [-0.4, -0.2) is 87.8 Å². The first-order valence-corrected chi connectivity index (χ1v) is 13.7. The van der Waals surface area contributed by atoms with Crippen LogP contribution in [-0.2, 0) is 22.3 Å². The Morgan fingerprint density at radius 3 is 1.68 bits per heavy atom. The molecule has 2 aromatic rings. The van der Waals surface area contributed by atoms with Gasteiger partial charge in [-0.1, -0.05) is 42.5 Å². The Bertz CT molecular complexity index is 1070. The number of hydrogen-bond donors (Lipinski definition) is 7. The van der Waals surface area contributed by atoms with Crippen LogP contribution in [0, 0.1) is 0 Å². The van der Waals surface area contributed by atoms with Gasteiger partial charge in [0, 0.05) is 13.1 Å². The van der Waals surface area contributed by atoms with Crippen LogP contribution in [0.25, 0.3) is 0 Å². The number of carbonyl (C=O) groups is 2. The highest BCUT2D eigenvalue weighted by Gasteiger charge is 2.28. The van der Waals surface area contributed by atoms with E-state index in [1.165, 1.54) is 12.1 Å². The molecule has 0 aliphatic heterocycles. The topological polar surface area (TPSA) is 170 Å². The zero-order valence-electron chi connectivity index (χ0n) is 24.5. The summed E-state index contributed by atoms with van der Waals surface area (Å²) in [5.74, 6) is 0.0867. The Kier molecular flexibility index (Phi) is 12.8. The van der Waals surface area contributed by atoms with Crippen molar-refractivity contribution >= 4 is 12.2 Å². The zero-order chi connectivity index (χ0) is 30.6. The van der Waals surface area contributed by atoms with Crippen molar-refractivity contribution in [2.24, 2.45) is 0 Å². The predicted octanol–water partition coefficient (Wildman–Crippen LogP) is 2.25. The largest absolute Gasteiger partial charge is 0.508 e. The van der Waals surface area contributed by atoms with Gasteiger partial charge in [0.15, 0.2) is 0 Å². The molecule has 0 saturated carbocycles. The third kappa shape index (κ3) is 13.2. The molecule has 0 unspecified atom stereocenters. The number of rotatable bonds is 14. The molecule has 0 fully saturated rings. The second-order valence-corrected chi connectivity index (χ2v) is 11.7. The SMILES string of the molecule is CC(C)(C)OC(=O)N[C@@H](Cc1ccccc1)[C@H](O)CNC[C@@H](O)[C@H](Cc1ccc(O)cc1)NC(=O)OC(C)(C)CO. The van der Waals surface area contributed by atoms with Gasteiger partial charge in [-0.15, -0.1) is 0 Å². The van der Waals surface area contributed by atoms with Gasteiger partial charge < -0.3 is 45.9 Å². The van der Waals surface area contributed by atoms with Crippen LogP contribution in [0.2, 0.25) is 0 Å². The van der Waals surface area contributed by atoms with E-state index in [1.807, 2.05) is 30.3 Å². The number of hydrogen-bond acceptors (Lipinski definition) is 9. The molecule has 0 aromatic heterocycles. The minimum atomic E-state index is -1.12. The van der Waals surface area contributed by atoms with E-state index in [1.54, 1.807) is 46.8 Å². The standard InChI is InChI=1S/C30H45N3O8/c1-29(2,3)40-27(38)32-23(15-20-9-7-6-8-10-20)25(36)17-31-18-26(37)24(16-21-11-13-22(35)14-12-21)33-28(39)41-30(4,5)19-34/h6-14,23-26,31,34-37H,15-19H2,1-5H3,(H,32,38)(H,33,39)/t23-,24-,25+,26+/m0/s1. The molecule has 0 heterocycles. The molecule has 11 nitrogen and oxygen atoms in total. The Morgan fingerprint density at radius 2 is 1.22 bits per heavy atom. The maximum absolute atomic E-state index is 12.5. The van der Waals surface area contributed by atoms with Crippen LogP contribution in [0.3, 0.4) is 0 Å². The van der Waals surface area contributed by atoms with Crippen molar-refractivity contribution in [2.45, 2.75) is 83.0 Å². The van der Waals surface area contributed by atoms with E-state index in [0.717, 1.165) is 11.1 Å². The number of alkyl carbamates (subject to hydrolysis) is 2. The number of phenols is 1. The summed E-state index contributed by atoms with van der Waals surface area (Å²) in [7, 11) is 0. The first-order valence-electron chi connectivity index (χ1n) is 13.7. The first-order chi connectivity index (χ1) is 19.2. The number of aromatic hydroxyl groups is 1. The average Bonchev–Trinajstić information content (AvgIpc) is 2.88. The normalized spacial score (nSPS) is 14.8. The van der Waals surface area contributed by atoms with Crippen molar-refractivity contribution < 1.29 is 39.5 Å². The van der Waals surface area contributed by atoms with Crippen molar-refractivity contribution in [2.75, 3.05) is 19.7 Å². The van der Waals surface area contributed by atoms with E-state index in [0.29, 0.717) is 6.42 Å². The molecule has 2 aromatic carbocycles. The van der Waals surface area contributed by atoms with Crippen LogP contribution in [0.5, 0.6) is 5.75 Å².